The van der Waals surface area contributed by atoms with Gasteiger partial charge in [0.05, 0.1) is 5.02 Å². The lowest BCUT2D eigenvalue weighted by Gasteiger charge is -2.11. The van der Waals surface area contributed by atoms with E-state index in [0.29, 0.717) is 21.5 Å². The molecule has 2 N–H and O–H groups in total. The van der Waals surface area contributed by atoms with E-state index in [1.54, 1.807) is 18.2 Å². The Balaban J connectivity index is 2.17. The number of benzene rings is 2. The number of nitrogens with two attached hydrogens (primary N) is 1. The van der Waals surface area contributed by atoms with Crippen LogP contribution in [0.4, 0.5) is 0 Å². The average Bonchev–Trinajstić information content (AvgIpc) is 2.43. The molecular weight excluding hydrogens is 281 g/mol. The highest BCUT2D eigenvalue weighted by Crippen LogP contribution is 2.32. The maximum atomic E-state index is 6.05. The van der Waals surface area contributed by atoms with Gasteiger partial charge in [-0.05, 0) is 36.2 Å². The number of hydrogen-bond acceptors (Lipinski definition) is 2. The van der Waals surface area contributed by atoms with Crippen molar-refractivity contribution in [3.8, 4) is 11.5 Å². The molecule has 0 unspecified atom stereocenters. The first-order chi connectivity index (χ1) is 9.10. The maximum Gasteiger partial charge on any atom is 0.147 e. The predicted octanol–water partition coefficient (Wildman–Crippen LogP) is 5.20. The molecule has 2 rings (SSSR count). The van der Waals surface area contributed by atoms with Crippen LogP contribution in [-0.2, 0) is 0 Å². The van der Waals surface area contributed by atoms with Crippen LogP contribution in [0.1, 0.15) is 24.9 Å². The highest BCUT2D eigenvalue weighted by atomic mass is 35.5. The first kappa shape index (κ1) is 14.2. The molecule has 0 aliphatic rings. The lowest BCUT2D eigenvalue weighted by Crippen LogP contribution is -2.07. The molecule has 2 aromatic rings. The van der Waals surface area contributed by atoms with E-state index in [2.05, 4.69) is 6.92 Å². The van der Waals surface area contributed by atoms with E-state index in [4.69, 9.17) is 33.7 Å². The quantitative estimate of drug-likeness (QED) is 0.842. The molecule has 0 saturated carbocycles. The molecule has 0 fully saturated rings. The Hall–Kier alpha value is -1.22. The van der Waals surface area contributed by atoms with Crippen LogP contribution in [0.15, 0.2) is 42.5 Å². The van der Waals surface area contributed by atoms with Crippen LogP contribution in [0.2, 0.25) is 10.0 Å². The number of ether oxygens (including phenoxy) is 1. The van der Waals surface area contributed by atoms with E-state index in [-0.39, 0.29) is 6.04 Å². The van der Waals surface area contributed by atoms with Gasteiger partial charge in [-0.2, -0.15) is 0 Å². The van der Waals surface area contributed by atoms with Crippen molar-refractivity contribution in [2.75, 3.05) is 0 Å². The molecule has 0 bridgehead atoms. The summed E-state index contributed by atoms with van der Waals surface area (Å²) < 4.78 is 5.70. The second-order valence-electron chi connectivity index (χ2n) is 4.26. The van der Waals surface area contributed by atoms with E-state index in [1.165, 1.54) is 0 Å². The van der Waals surface area contributed by atoms with Crippen LogP contribution in [0.5, 0.6) is 11.5 Å². The Bertz CT molecular complexity index is 555. The van der Waals surface area contributed by atoms with Crippen molar-refractivity contribution in [1.82, 2.24) is 0 Å². The first-order valence-corrected chi connectivity index (χ1v) is 6.84. The fraction of sp³-hybridized carbons (Fsp3) is 0.200. The van der Waals surface area contributed by atoms with Gasteiger partial charge in [0.15, 0.2) is 0 Å². The van der Waals surface area contributed by atoms with Crippen LogP contribution in [0.25, 0.3) is 0 Å². The van der Waals surface area contributed by atoms with Crippen molar-refractivity contribution >= 4 is 23.2 Å². The second kappa shape index (κ2) is 6.29. The van der Waals surface area contributed by atoms with Crippen LogP contribution in [0.3, 0.4) is 0 Å². The fourth-order valence-corrected chi connectivity index (χ4v) is 2.02. The van der Waals surface area contributed by atoms with Crippen molar-refractivity contribution in [2.24, 2.45) is 5.73 Å². The topological polar surface area (TPSA) is 35.2 Å². The smallest absolute Gasteiger partial charge is 0.147 e. The third kappa shape index (κ3) is 3.63. The third-order valence-corrected chi connectivity index (χ3v) is 3.42. The monoisotopic (exact) mass is 295 g/mol. The zero-order chi connectivity index (χ0) is 13.8. The summed E-state index contributed by atoms with van der Waals surface area (Å²) in [5.41, 5.74) is 7.05. The van der Waals surface area contributed by atoms with Crippen molar-refractivity contribution in [3.05, 3.63) is 58.1 Å². The summed E-state index contributed by atoms with van der Waals surface area (Å²) in [7, 11) is 0. The molecule has 100 valence electrons. The van der Waals surface area contributed by atoms with Gasteiger partial charge in [0, 0.05) is 17.1 Å². The molecule has 0 aliphatic carbocycles. The van der Waals surface area contributed by atoms with E-state index in [9.17, 15) is 0 Å². The summed E-state index contributed by atoms with van der Waals surface area (Å²) in [5, 5.41) is 1.11. The summed E-state index contributed by atoms with van der Waals surface area (Å²) in [5.74, 6) is 1.25. The van der Waals surface area contributed by atoms with Gasteiger partial charge in [-0.15, -0.1) is 0 Å². The zero-order valence-electron chi connectivity index (χ0n) is 10.6. The Labute approximate surface area is 123 Å². The molecule has 2 aromatic carbocycles. The van der Waals surface area contributed by atoms with Crippen LogP contribution >= 0.6 is 23.2 Å². The van der Waals surface area contributed by atoms with Gasteiger partial charge in [0.2, 0.25) is 0 Å². The SMILES string of the molecule is CC[C@@H](N)c1ccc(Oc2cc(Cl)ccc2Cl)cc1. The first-order valence-electron chi connectivity index (χ1n) is 6.08. The minimum absolute atomic E-state index is 0.0591. The predicted molar refractivity (Wildman–Crippen MR) is 80.2 cm³/mol. The summed E-state index contributed by atoms with van der Waals surface area (Å²) in [6.07, 6.45) is 0.903. The molecule has 0 radical (unpaired) electrons. The standard InChI is InChI=1S/C15H15Cl2NO/c1-2-14(18)10-3-6-12(7-4-10)19-15-9-11(16)5-8-13(15)17/h3-9,14H,2,18H2,1H3/t14-/m1/s1. The number of rotatable bonds is 4. The number of halogens is 2. The minimum atomic E-state index is 0.0591. The molecular formula is C15H15Cl2NO. The molecule has 0 amide bonds. The van der Waals surface area contributed by atoms with Crippen molar-refractivity contribution < 1.29 is 4.74 Å². The highest BCUT2D eigenvalue weighted by molar-refractivity contribution is 6.34. The van der Waals surface area contributed by atoms with Crippen molar-refractivity contribution in [1.29, 1.82) is 0 Å². The Morgan fingerprint density at radius 2 is 1.79 bits per heavy atom. The molecule has 19 heavy (non-hydrogen) atoms. The van der Waals surface area contributed by atoms with Gasteiger partial charge in [-0.1, -0.05) is 42.3 Å². The van der Waals surface area contributed by atoms with Crippen LogP contribution < -0.4 is 10.5 Å². The highest BCUT2D eigenvalue weighted by Gasteiger charge is 2.06. The van der Waals surface area contributed by atoms with Crippen LogP contribution in [-0.4, -0.2) is 0 Å². The molecule has 0 aromatic heterocycles. The van der Waals surface area contributed by atoms with Gasteiger partial charge < -0.3 is 10.5 Å². The van der Waals surface area contributed by atoms with Gasteiger partial charge in [-0.3, -0.25) is 0 Å². The largest absolute Gasteiger partial charge is 0.456 e. The molecule has 4 heteroatoms. The Morgan fingerprint density at radius 1 is 1.11 bits per heavy atom. The molecule has 0 spiro atoms. The average molecular weight is 296 g/mol. The summed E-state index contributed by atoms with van der Waals surface area (Å²) in [4.78, 5) is 0. The molecule has 1 atom stereocenters. The Morgan fingerprint density at radius 3 is 2.42 bits per heavy atom. The van der Waals surface area contributed by atoms with Crippen molar-refractivity contribution in [3.63, 3.8) is 0 Å². The van der Waals surface area contributed by atoms with E-state index in [1.807, 2.05) is 24.3 Å². The summed E-state index contributed by atoms with van der Waals surface area (Å²) in [6.45, 7) is 2.06. The molecule has 0 saturated heterocycles. The van der Waals surface area contributed by atoms with Crippen LogP contribution in [0, 0.1) is 0 Å². The Kier molecular flexibility index (Phi) is 4.70. The van der Waals surface area contributed by atoms with Gasteiger partial charge in [0.25, 0.3) is 0 Å². The second-order valence-corrected chi connectivity index (χ2v) is 5.10. The minimum Gasteiger partial charge on any atom is -0.456 e. The zero-order valence-corrected chi connectivity index (χ0v) is 12.1. The fourth-order valence-electron chi connectivity index (χ4n) is 1.70. The van der Waals surface area contributed by atoms with E-state index in [0.717, 1.165) is 12.0 Å². The molecule has 0 heterocycles. The molecule has 2 nitrogen and oxygen atoms in total. The van der Waals surface area contributed by atoms with Crippen molar-refractivity contribution in [2.45, 2.75) is 19.4 Å². The van der Waals surface area contributed by atoms with Gasteiger partial charge in [-0.25, -0.2) is 0 Å². The van der Waals surface area contributed by atoms with Gasteiger partial charge >= 0.3 is 0 Å². The lowest BCUT2D eigenvalue weighted by molar-refractivity contribution is 0.482. The summed E-state index contributed by atoms with van der Waals surface area (Å²) >= 11 is 12.0. The van der Waals surface area contributed by atoms with Gasteiger partial charge in [0.1, 0.15) is 11.5 Å². The van der Waals surface area contributed by atoms with E-state index >= 15 is 0 Å². The maximum absolute atomic E-state index is 6.05. The summed E-state index contributed by atoms with van der Waals surface area (Å²) in [6, 6.07) is 12.9. The van der Waals surface area contributed by atoms with E-state index < -0.39 is 0 Å². The molecule has 0 aliphatic heterocycles. The lowest BCUT2D eigenvalue weighted by atomic mass is 10.1. The number of hydrogen-bond donors (Lipinski definition) is 1. The third-order valence-electron chi connectivity index (χ3n) is 2.87. The normalized spacial score (nSPS) is 12.2.